The van der Waals surface area contributed by atoms with Crippen molar-refractivity contribution in [2.45, 2.75) is 25.9 Å². The van der Waals surface area contributed by atoms with Crippen molar-refractivity contribution in [2.24, 2.45) is 0 Å². The molecule has 1 heterocycles. The molecule has 0 aliphatic heterocycles. The van der Waals surface area contributed by atoms with Gasteiger partial charge in [0.1, 0.15) is 11.3 Å². The van der Waals surface area contributed by atoms with Crippen LogP contribution in [0.2, 0.25) is 0 Å². The molecule has 8 heteroatoms. The molecule has 1 N–H and O–H groups in total. The molecule has 0 aliphatic rings. The van der Waals surface area contributed by atoms with Crippen LogP contribution in [-0.4, -0.2) is 20.9 Å². The van der Waals surface area contributed by atoms with Crippen LogP contribution < -0.4 is 0 Å². The van der Waals surface area contributed by atoms with E-state index in [1.54, 1.807) is 22.9 Å². The summed E-state index contributed by atoms with van der Waals surface area (Å²) in [6.07, 6.45) is -3.31. The maximum Gasteiger partial charge on any atom is 0.416 e. The number of aromatic nitrogens is 2. The van der Waals surface area contributed by atoms with Gasteiger partial charge in [-0.05, 0) is 36.8 Å². The van der Waals surface area contributed by atoms with Gasteiger partial charge >= 0.3 is 12.1 Å². The highest BCUT2D eigenvalue weighted by molar-refractivity contribution is 9.10. The number of benzene rings is 2. The summed E-state index contributed by atoms with van der Waals surface area (Å²) in [5, 5.41) is 14.2. The van der Waals surface area contributed by atoms with Gasteiger partial charge in [0.15, 0.2) is 0 Å². The van der Waals surface area contributed by atoms with E-state index in [9.17, 15) is 23.1 Å². The second-order valence-corrected chi connectivity index (χ2v) is 7.11. The molecule has 0 atom stereocenters. The second kappa shape index (κ2) is 7.79. The molecule has 0 radical (unpaired) electrons. The Kier molecular flexibility index (Phi) is 5.60. The Labute approximate surface area is 167 Å². The van der Waals surface area contributed by atoms with E-state index in [0.29, 0.717) is 29.8 Å². The molecule has 0 spiro atoms. The highest BCUT2D eigenvalue weighted by atomic mass is 79.9. The molecule has 0 fully saturated rings. The lowest BCUT2D eigenvalue weighted by Gasteiger charge is -2.07. The zero-order valence-corrected chi connectivity index (χ0v) is 16.4. The highest BCUT2D eigenvalue weighted by Gasteiger charge is 2.31. The van der Waals surface area contributed by atoms with Gasteiger partial charge in [-0.15, -0.1) is 0 Å². The summed E-state index contributed by atoms with van der Waals surface area (Å²) in [5.74, 6) is -1.17. The van der Waals surface area contributed by atoms with Crippen molar-refractivity contribution in [3.05, 3.63) is 69.8 Å². The van der Waals surface area contributed by atoms with Gasteiger partial charge in [-0.3, -0.25) is 0 Å². The monoisotopic (exact) mass is 452 g/mol. The van der Waals surface area contributed by atoms with Gasteiger partial charge in [0, 0.05) is 10.0 Å². The van der Waals surface area contributed by atoms with E-state index in [0.717, 1.165) is 16.6 Å². The zero-order chi connectivity index (χ0) is 20.5. The predicted molar refractivity (Wildman–Crippen MR) is 103 cm³/mol. The SMILES string of the molecule is CCCc1c(C(=O)O)c(-c2ccc(C(F)(F)F)cc2)nn1-c1cccc(Br)c1. The molecule has 2 aromatic carbocycles. The molecule has 1 aromatic heterocycles. The summed E-state index contributed by atoms with van der Waals surface area (Å²) < 4.78 is 40.9. The summed E-state index contributed by atoms with van der Waals surface area (Å²) in [7, 11) is 0. The van der Waals surface area contributed by atoms with Gasteiger partial charge in [-0.1, -0.05) is 47.5 Å². The van der Waals surface area contributed by atoms with Gasteiger partial charge in [0.05, 0.1) is 16.9 Å². The lowest BCUT2D eigenvalue weighted by Crippen LogP contribution is -2.06. The van der Waals surface area contributed by atoms with E-state index in [4.69, 9.17) is 0 Å². The Morgan fingerprint density at radius 2 is 1.86 bits per heavy atom. The first kappa shape index (κ1) is 20.1. The van der Waals surface area contributed by atoms with Crippen molar-refractivity contribution in [3.8, 4) is 16.9 Å². The number of rotatable bonds is 5. The molecule has 4 nitrogen and oxygen atoms in total. The number of aromatic carboxylic acids is 1. The standard InChI is InChI=1S/C20H16BrF3N2O2/c1-2-4-16-17(19(27)28)18(12-7-9-13(10-8-12)20(22,23)24)25-26(16)15-6-3-5-14(21)11-15/h3,5-11H,2,4H2,1H3,(H,27,28). The van der Waals surface area contributed by atoms with Gasteiger partial charge in [0.25, 0.3) is 0 Å². The van der Waals surface area contributed by atoms with E-state index in [1.165, 1.54) is 12.1 Å². The number of carboxylic acid groups (broad SMARTS) is 1. The summed E-state index contributed by atoms with van der Waals surface area (Å²) in [4.78, 5) is 12.0. The molecule has 0 saturated heterocycles. The van der Waals surface area contributed by atoms with Crippen LogP contribution in [0, 0.1) is 0 Å². The van der Waals surface area contributed by atoms with Crippen molar-refractivity contribution in [2.75, 3.05) is 0 Å². The largest absolute Gasteiger partial charge is 0.478 e. The molecule has 3 rings (SSSR count). The minimum atomic E-state index is -4.46. The van der Waals surface area contributed by atoms with Crippen LogP contribution in [0.3, 0.4) is 0 Å². The zero-order valence-electron chi connectivity index (χ0n) is 14.8. The highest BCUT2D eigenvalue weighted by Crippen LogP contribution is 2.33. The van der Waals surface area contributed by atoms with E-state index >= 15 is 0 Å². The van der Waals surface area contributed by atoms with Crippen LogP contribution in [0.1, 0.15) is 35.0 Å². The van der Waals surface area contributed by atoms with Crippen LogP contribution in [0.15, 0.2) is 53.0 Å². The number of hydrogen-bond acceptors (Lipinski definition) is 2. The fourth-order valence-electron chi connectivity index (χ4n) is 2.99. The van der Waals surface area contributed by atoms with E-state index < -0.39 is 17.7 Å². The average Bonchev–Trinajstić information content (AvgIpc) is 3.01. The fraction of sp³-hybridized carbons (Fsp3) is 0.200. The number of hydrogen-bond donors (Lipinski definition) is 1. The van der Waals surface area contributed by atoms with Crippen LogP contribution in [0.4, 0.5) is 13.2 Å². The summed E-state index contributed by atoms with van der Waals surface area (Å²) in [6, 6.07) is 11.6. The second-order valence-electron chi connectivity index (χ2n) is 6.19. The third kappa shape index (κ3) is 3.96. The van der Waals surface area contributed by atoms with Crippen molar-refractivity contribution in [1.29, 1.82) is 0 Å². The Morgan fingerprint density at radius 1 is 1.18 bits per heavy atom. The van der Waals surface area contributed by atoms with Crippen molar-refractivity contribution >= 4 is 21.9 Å². The number of carboxylic acids is 1. The summed E-state index contributed by atoms with van der Waals surface area (Å²) >= 11 is 3.38. The maximum absolute atomic E-state index is 12.8. The number of nitrogens with zero attached hydrogens (tertiary/aromatic N) is 2. The Morgan fingerprint density at radius 3 is 2.39 bits per heavy atom. The summed E-state index contributed by atoms with van der Waals surface area (Å²) in [5.41, 5.74) is 0.831. The van der Waals surface area contributed by atoms with Crippen LogP contribution in [0.25, 0.3) is 16.9 Å². The van der Waals surface area contributed by atoms with Crippen LogP contribution in [-0.2, 0) is 12.6 Å². The lowest BCUT2D eigenvalue weighted by molar-refractivity contribution is -0.137. The Hall–Kier alpha value is -2.61. The third-order valence-corrected chi connectivity index (χ3v) is 4.71. The van der Waals surface area contributed by atoms with E-state index in [2.05, 4.69) is 21.0 Å². The molecule has 0 aliphatic carbocycles. The number of halogens is 4. The smallest absolute Gasteiger partial charge is 0.416 e. The van der Waals surface area contributed by atoms with E-state index in [1.807, 2.05) is 13.0 Å². The first-order chi connectivity index (χ1) is 13.2. The van der Waals surface area contributed by atoms with E-state index in [-0.39, 0.29) is 11.3 Å². The molecule has 0 bridgehead atoms. The van der Waals surface area contributed by atoms with Gasteiger partial charge < -0.3 is 5.11 Å². The van der Waals surface area contributed by atoms with Crippen LogP contribution >= 0.6 is 15.9 Å². The Balaban J connectivity index is 2.21. The van der Waals surface area contributed by atoms with Crippen molar-refractivity contribution in [3.63, 3.8) is 0 Å². The van der Waals surface area contributed by atoms with Crippen molar-refractivity contribution in [1.82, 2.24) is 9.78 Å². The summed E-state index contributed by atoms with van der Waals surface area (Å²) in [6.45, 7) is 1.92. The molecule has 3 aromatic rings. The first-order valence-corrected chi connectivity index (χ1v) is 9.30. The minimum absolute atomic E-state index is 0.00147. The number of carbonyl (C=O) groups is 1. The van der Waals surface area contributed by atoms with Crippen LogP contribution in [0.5, 0.6) is 0 Å². The first-order valence-electron chi connectivity index (χ1n) is 8.51. The normalized spacial score (nSPS) is 11.6. The topological polar surface area (TPSA) is 55.1 Å². The average molecular weight is 453 g/mol. The fourth-order valence-corrected chi connectivity index (χ4v) is 3.37. The third-order valence-electron chi connectivity index (χ3n) is 4.22. The quantitative estimate of drug-likeness (QED) is 0.518. The molecule has 0 amide bonds. The molecular weight excluding hydrogens is 437 g/mol. The van der Waals surface area contributed by atoms with Gasteiger partial charge in [-0.2, -0.15) is 18.3 Å². The predicted octanol–water partition coefficient (Wildman–Crippen LogP) is 5.97. The molecular formula is C20H16BrF3N2O2. The molecule has 146 valence electrons. The van der Waals surface area contributed by atoms with Gasteiger partial charge in [0.2, 0.25) is 0 Å². The molecule has 0 unspecified atom stereocenters. The number of alkyl halides is 3. The Bertz CT molecular complexity index is 1010. The van der Waals surface area contributed by atoms with Crippen molar-refractivity contribution < 1.29 is 23.1 Å². The lowest BCUT2D eigenvalue weighted by atomic mass is 10.0. The molecule has 28 heavy (non-hydrogen) atoms. The van der Waals surface area contributed by atoms with Gasteiger partial charge in [-0.25, -0.2) is 9.48 Å². The minimum Gasteiger partial charge on any atom is -0.478 e. The molecule has 0 saturated carbocycles. The maximum atomic E-state index is 12.8.